The summed E-state index contributed by atoms with van der Waals surface area (Å²) in [4.78, 5) is 15.6. The van der Waals surface area contributed by atoms with Gasteiger partial charge in [0.05, 0.1) is 19.8 Å². The van der Waals surface area contributed by atoms with Gasteiger partial charge in [-0.2, -0.15) is 0 Å². The van der Waals surface area contributed by atoms with E-state index in [1.54, 1.807) is 19.4 Å². The van der Waals surface area contributed by atoms with Gasteiger partial charge in [0.1, 0.15) is 5.69 Å². The predicted octanol–water partition coefficient (Wildman–Crippen LogP) is 0.906. The van der Waals surface area contributed by atoms with Crippen LogP contribution in [0, 0.1) is 0 Å². The summed E-state index contributed by atoms with van der Waals surface area (Å²) >= 11 is 0. The number of amides is 1. The first-order valence-electron chi connectivity index (χ1n) is 6.32. The quantitative estimate of drug-likeness (QED) is 0.651. The molecule has 0 unspecified atom stereocenters. The van der Waals surface area contributed by atoms with Crippen molar-refractivity contribution in [2.24, 2.45) is 0 Å². The van der Waals surface area contributed by atoms with Crippen molar-refractivity contribution in [1.82, 2.24) is 10.3 Å². The van der Waals surface area contributed by atoms with Crippen LogP contribution in [-0.4, -0.2) is 50.9 Å². The number of ether oxygens (including phenoxy) is 2. The Labute approximate surface area is 113 Å². The second kappa shape index (κ2) is 9.29. The standard InChI is InChI=1S/C13H21N3O3/c1-3-14-13(17)12-10-11(4-5-16-12)15-6-7-19-9-8-18-2/h4-5,10H,3,6-9H2,1-2H3,(H,14,17)(H,15,16). The van der Waals surface area contributed by atoms with Crippen LogP contribution in [0.15, 0.2) is 18.3 Å². The van der Waals surface area contributed by atoms with Crippen molar-refractivity contribution in [3.63, 3.8) is 0 Å². The lowest BCUT2D eigenvalue weighted by Gasteiger charge is -2.08. The number of hydrogen-bond donors (Lipinski definition) is 2. The maximum Gasteiger partial charge on any atom is 0.269 e. The summed E-state index contributed by atoms with van der Waals surface area (Å²) in [5.74, 6) is -0.164. The van der Waals surface area contributed by atoms with E-state index in [4.69, 9.17) is 9.47 Å². The lowest BCUT2D eigenvalue weighted by Crippen LogP contribution is -2.23. The second-order valence-corrected chi connectivity index (χ2v) is 3.82. The Morgan fingerprint density at radius 3 is 2.95 bits per heavy atom. The van der Waals surface area contributed by atoms with Gasteiger partial charge >= 0.3 is 0 Å². The molecule has 1 rings (SSSR count). The Kier molecular flexibility index (Phi) is 7.53. The van der Waals surface area contributed by atoms with Crippen LogP contribution in [0.5, 0.6) is 0 Å². The molecule has 19 heavy (non-hydrogen) atoms. The van der Waals surface area contributed by atoms with E-state index < -0.39 is 0 Å². The van der Waals surface area contributed by atoms with E-state index in [-0.39, 0.29) is 5.91 Å². The zero-order valence-electron chi connectivity index (χ0n) is 11.4. The van der Waals surface area contributed by atoms with Gasteiger partial charge in [-0.05, 0) is 19.1 Å². The van der Waals surface area contributed by atoms with Crippen LogP contribution >= 0.6 is 0 Å². The van der Waals surface area contributed by atoms with Crippen molar-refractivity contribution >= 4 is 11.6 Å². The van der Waals surface area contributed by atoms with Gasteiger partial charge in [0.2, 0.25) is 0 Å². The highest BCUT2D eigenvalue weighted by atomic mass is 16.5. The fraction of sp³-hybridized carbons (Fsp3) is 0.538. The summed E-state index contributed by atoms with van der Waals surface area (Å²) in [6.45, 7) is 4.89. The zero-order chi connectivity index (χ0) is 13.9. The third-order valence-corrected chi connectivity index (χ3v) is 2.34. The van der Waals surface area contributed by atoms with Gasteiger partial charge in [-0.3, -0.25) is 9.78 Å². The summed E-state index contributed by atoms with van der Waals surface area (Å²) in [5, 5.41) is 5.88. The van der Waals surface area contributed by atoms with Crippen LogP contribution in [0.1, 0.15) is 17.4 Å². The first kappa shape index (κ1) is 15.4. The molecule has 0 bridgehead atoms. The topological polar surface area (TPSA) is 72.5 Å². The van der Waals surface area contributed by atoms with Crippen molar-refractivity contribution in [1.29, 1.82) is 0 Å². The molecule has 0 spiro atoms. The lowest BCUT2D eigenvalue weighted by atomic mass is 10.3. The summed E-state index contributed by atoms with van der Waals surface area (Å²) in [7, 11) is 1.64. The van der Waals surface area contributed by atoms with E-state index in [9.17, 15) is 4.79 Å². The van der Waals surface area contributed by atoms with Crippen molar-refractivity contribution in [2.75, 3.05) is 45.3 Å². The smallest absolute Gasteiger partial charge is 0.269 e. The third kappa shape index (κ3) is 6.17. The first-order chi connectivity index (χ1) is 9.27. The summed E-state index contributed by atoms with van der Waals surface area (Å²) in [5.41, 5.74) is 1.26. The van der Waals surface area contributed by atoms with Gasteiger partial charge in [0.25, 0.3) is 5.91 Å². The lowest BCUT2D eigenvalue weighted by molar-refractivity contribution is 0.0759. The van der Waals surface area contributed by atoms with Crippen LogP contribution in [0.2, 0.25) is 0 Å². The summed E-state index contributed by atoms with van der Waals surface area (Å²) < 4.78 is 10.2. The zero-order valence-corrected chi connectivity index (χ0v) is 11.4. The average Bonchev–Trinajstić information content (AvgIpc) is 2.43. The summed E-state index contributed by atoms with van der Waals surface area (Å²) in [6.07, 6.45) is 1.61. The number of rotatable bonds is 9. The number of nitrogens with zero attached hydrogens (tertiary/aromatic N) is 1. The highest BCUT2D eigenvalue weighted by molar-refractivity contribution is 5.93. The van der Waals surface area contributed by atoms with Crippen LogP contribution in [-0.2, 0) is 9.47 Å². The third-order valence-electron chi connectivity index (χ3n) is 2.34. The maximum atomic E-state index is 11.6. The van der Waals surface area contributed by atoms with Gasteiger partial charge in [0, 0.05) is 32.1 Å². The molecule has 2 N–H and O–H groups in total. The van der Waals surface area contributed by atoms with E-state index >= 15 is 0 Å². The molecule has 1 amide bonds. The van der Waals surface area contributed by atoms with Gasteiger partial charge in [-0.1, -0.05) is 0 Å². The molecule has 1 aromatic rings. The van der Waals surface area contributed by atoms with Crippen molar-refractivity contribution in [2.45, 2.75) is 6.92 Å². The van der Waals surface area contributed by atoms with Gasteiger partial charge in [-0.25, -0.2) is 0 Å². The van der Waals surface area contributed by atoms with Crippen LogP contribution in [0.4, 0.5) is 5.69 Å². The molecule has 106 valence electrons. The molecule has 0 aliphatic carbocycles. The Morgan fingerprint density at radius 1 is 1.37 bits per heavy atom. The molecule has 0 aliphatic heterocycles. The Bertz CT molecular complexity index is 385. The Morgan fingerprint density at radius 2 is 2.21 bits per heavy atom. The average molecular weight is 267 g/mol. The Balaban J connectivity index is 2.34. The molecular weight excluding hydrogens is 246 g/mol. The van der Waals surface area contributed by atoms with E-state index in [1.807, 2.05) is 13.0 Å². The summed E-state index contributed by atoms with van der Waals surface area (Å²) in [6, 6.07) is 3.54. The van der Waals surface area contributed by atoms with Crippen molar-refractivity contribution < 1.29 is 14.3 Å². The molecule has 0 saturated heterocycles. The molecular formula is C13H21N3O3. The highest BCUT2D eigenvalue weighted by Crippen LogP contribution is 2.07. The Hall–Kier alpha value is -1.66. The van der Waals surface area contributed by atoms with Crippen LogP contribution < -0.4 is 10.6 Å². The van der Waals surface area contributed by atoms with E-state index in [1.165, 1.54) is 0 Å². The molecule has 6 heteroatoms. The monoisotopic (exact) mass is 267 g/mol. The normalized spacial score (nSPS) is 10.2. The number of anilines is 1. The van der Waals surface area contributed by atoms with E-state index in [2.05, 4.69) is 15.6 Å². The fourth-order valence-corrected chi connectivity index (χ4v) is 1.43. The van der Waals surface area contributed by atoms with Gasteiger partial charge in [-0.15, -0.1) is 0 Å². The SMILES string of the molecule is CCNC(=O)c1cc(NCCOCCOC)ccn1. The molecule has 1 aromatic heterocycles. The minimum absolute atomic E-state index is 0.164. The highest BCUT2D eigenvalue weighted by Gasteiger charge is 2.05. The molecule has 0 atom stereocenters. The van der Waals surface area contributed by atoms with E-state index in [0.29, 0.717) is 38.6 Å². The largest absolute Gasteiger partial charge is 0.383 e. The number of pyridine rings is 1. The number of carbonyl (C=O) groups is 1. The number of aromatic nitrogens is 1. The molecule has 0 aliphatic rings. The maximum absolute atomic E-state index is 11.6. The van der Waals surface area contributed by atoms with Gasteiger partial charge < -0.3 is 20.1 Å². The predicted molar refractivity (Wildman–Crippen MR) is 73.4 cm³/mol. The van der Waals surface area contributed by atoms with Gasteiger partial charge in [0.15, 0.2) is 0 Å². The number of hydrogen-bond acceptors (Lipinski definition) is 5. The van der Waals surface area contributed by atoms with Crippen LogP contribution in [0.3, 0.4) is 0 Å². The number of methoxy groups -OCH3 is 1. The molecule has 6 nitrogen and oxygen atoms in total. The molecule has 0 saturated carbocycles. The van der Waals surface area contributed by atoms with Crippen molar-refractivity contribution in [3.8, 4) is 0 Å². The molecule has 0 aromatic carbocycles. The minimum atomic E-state index is -0.164. The molecule has 0 radical (unpaired) electrons. The molecule has 1 heterocycles. The van der Waals surface area contributed by atoms with Crippen molar-refractivity contribution in [3.05, 3.63) is 24.0 Å². The number of nitrogens with one attached hydrogen (secondary N) is 2. The fourth-order valence-electron chi connectivity index (χ4n) is 1.43. The second-order valence-electron chi connectivity index (χ2n) is 3.82. The first-order valence-corrected chi connectivity index (χ1v) is 6.32. The minimum Gasteiger partial charge on any atom is -0.383 e. The number of carbonyl (C=O) groups excluding carboxylic acids is 1. The van der Waals surface area contributed by atoms with Crippen LogP contribution in [0.25, 0.3) is 0 Å². The molecule has 0 fully saturated rings. The van der Waals surface area contributed by atoms with E-state index in [0.717, 1.165) is 5.69 Å².